The van der Waals surface area contributed by atoms with Gasteiger partial charge in [0.25, 0.3) is 10.0 Å². The summed E-state index contributed by atoms with van der Waals surface area (Å²) in [5.74, 6) is 0.940. The first-order valence-corrected chi connectivity index (χ1v) is 8.38. The van der Waals surface area contributed by atoms with Gasteiger partial charge in [-0.2, -0.15) is 0 Å². The average molecular weight is 328 g/mol. The summed E-state index contributed by atoms with van der Waals surface area (Å²) >= 11 is 1.30. The molecule has 114 valence electrons. The SMILES string of the molecule is COc1ccc(OC)c(NS(=O)(=O)c2csc(CN)c2)c1. The molecule has 1 heterocycles. The number of rotatable bonds is 6. The largest absolute Gasteiger partial charge is 0.497 e. The predicted octanol–water partition coefficient (Wildman–Crippen LogP) is 2.02. The summed E-state index contributed by atoms with van der Waals surface area (Å²) in [6, 6.07) is 6.44. The van der Waals surface area contributed by atoms with Gasteiger partial charge in [-0.3, -0.25) is 4.72 Å². The number of nitrogens with two attached hydrogens (primary N) is 1. The number of hydrogen-bond donors (Lipinski definition) is 2. The van der Waals surface area contributed by atoms with E-state index >= 15 is 0 Å². The lowest BCUT2D eigenvalue weighted by Crippen LogP contribution is -2.13. The lowest BCUT2D eigenvalue weighted by atomic mass is 10.3. The van der Waals surface area contributed by atoms with Crippen LogP contribution >= 0.6 is 11.3 Å². The molecule has 0 fully saturated rings. The summed E-state index contributed by atoms with van der Waals surface area (Å²) in [5, 5.41) is 1.55. The van der Waals surface area contributed by atoms with Crippen LogP contribution in [0.1, 0.15) is 4.88 Å². The topological polar surface area (TPSA) is 90.6 Å². The van der Waals surface area contributed by atoms with Crippen molar-refractivity contribution < 1.29 is 17.9 Å². The Hall–Kier alpha value is -1.77. The van der Waals surface area contributed by atoms with E-state index in [1.54, 1.807) is 29.6 Å². The van der Waals surface area contributed by atoms with Gasteiger partial charge in [-0.15, -0.1) is 11.3 Å². The third kappa shape index (κ3) is 3.46. The predicted molar refractivity (Wildman–Crippen MR) is 82.6 cm³/mol. The van der Waals surface area contributed by atoms with Crippen LogP contribution in [0.2, 0.25) is 0 Å². The van der Waals surface area contributed by atoms with Gasteiger partial charge in [0.15, 0.2) is 0 Å². The minimum Gasteiger partial charge on any atom is -0.497 e. The lowest BCUT2D eigenvalue weighted by Gasteiger charge is -2.12. The van der Waals surface area contributed by atoms with Gasteiger partial charge in [-0.1, -0.05) is 0 Å². The molecule has 2 rings (SSSR count). The Labute approximate surface area is 127 Å². The summed E-state index contributed by atoms with van der Waals surface area (Å²) in [5.41, 5.74) is 5.82. The highest BCUT2D eigenvalue weighted by atomic mass is 32.2. The number of anilines is 1. The molecule has 0 saturated heterocycles. The van der Waals surface area contributed by atoms with Gasteiger partial charge in [-0.25, -0.2) is 8.42 Å². The fraction of sp³-hybridized carbons (Fsp3) is 0.231. The summed E-state index contributed by atoms with van der Waals surface area (Å²) in [7, 11) is -0.715. The minimum atomic E-state index is -3.69. The molecular formula is C13H16N2O4S2. The zero-order valence-electron chi connectivity index (χ0n) is 11.6. The van der Waals surface area contributed by atoms with E-state index in [-0.39, 0.29) is 4.90 Å². The number of benzene rings is 1. The van der Waals surface area contributed by atoms with Crippen LogP contribution in [0.5, 0.6) is 11.5 Å². The Balaban J connectivity index is 2.35. The Morgan fingerprint density at radius 1 is 1.24 bits per heavy atom. The van der Waals surface area contributed by atoms with E-state index in [9.17, 15) is 8.42 Å². The molecule has 0 unspecified atom stereocenters. The maximum Gasteiger partial charge on any atom is 0.262 e. The normalized spacial score (nSPS) is 11.2. The minimum absolute atomic E-state index is 0.179. The van der Waals surface area contributed by atoms with E-state index < -0.39 is 10.0 Å². The van der Waals surface area contributed by atoms with Crippen LogP contribution in [0.4, 0.5) is 5.69 Å². The molecule has 0 radical (unpaired) electrons. The summed E-state index contributed by atoms with van der Waals surface area (Å²) in [6.07, 6.45) is 0. The number of ether oxygens (including phenoxy) is 2. The van der Waals surface area contributed by atoms with Crippen LogP contribution in [0.25, 0.3) is 0 Å². The summed E-state index contributed by atoms with van der Waals surface area (Å²) < 4.78 is 37.5. The monoisotopic (exact) mass is 328 g/mol. The molecule has 0 bridgehead atoms. The van der Waals surface area contributed by atoms with Gasteiger partial charge >= 0.3 is 0 Å². The van der Waals surface area contributed by atoms with Crippen molar-refractivity contribution in [2.24, 2.45) is 5.73 Å². The second-order valence-corrected chi connectivity index (χ2v) is 6.80. The Bertz CT molecular complexity index is 726. The third-order valence-electron chi connectivity index (χ3n) is 2.79. The fourth-order valence-electron chi connectivity index (χ4n) is 1.71. The van der Waals surface area contributed by atoms with Crippen molar-refractivity contribution in [1.29, 1.82) is 0 Å². The van der Waals surface area contributed by atoms with E-state index in [1.165, 1.54) is 25.6 Å². The zero-order valence-corrected chi connectivity index (χ0v) is 13.3. The Morgan fingerprint density at radius 2 is 2.00 bits per heavy atom. The van der Waals surface area contributed by atoms with Crippen LogP contribution in [-0.2, 0) is 16.6 Å². The van der Waals surface area contributed by atoms with Crippen LogP contribution in [0.15, 0.2) is 34.5 Å². The van der Waals surface area contributed by atoms with Crippen molar-refractivity contribution >= 4 is 27.0 Å². The highest BCUT2D eigenvalue weighted by Gasteiger charge is 2.18. The van der Waals surface area contributed by atoms with Gasteiger partial charge < -0.3 is 15.2 Å². The van der Waals surface area contributed by atoms with E-state index in [0.717, 1.165) is 4.88 Å². The highest BCUT2D eigenvalue weighted by Crippen LogP contribution is 2.31. The average Bonchev–Trinajstić information content (AvgIpc) is 2.96. The summed E-state index contributed by atoms with van der Waals surface area (Å²) in [4.78, 5) is 0.978. The lowest BCUT2D eigenvalue weighted by molar-refractivity contribution is 0.405. The molecule has 2 aromatic rings. The number of hydrogen-bond acceptors (Lipinski definition) is 6. The smallest absolute Gasteiger partial charge is 0.262 e. The molecule has 0 aliphatic heterocycles. The van der Waals surface area contributed by atoms with Crippen molar-refractivity contribution in [1.82, 2.24) is 0 Å². The van der Waals surface area contributed by atoms with Crippen molar-refractivity contribution in [2.45, 2.75) is 11.4 Å². The number of nitrogens with one attached hydrogen (secondary N) is 1. The molecule has 8 heteroatoms. The van der Waals surface area contributed by atoms with E-state index in [0.29, 0.717) is 23.7 Å². The maximum atomic E-state index is 12.4. The number of thiophene rings is 1. The molecule has 0 saturated carbocycles. The molecule has 0 aliphatic rings. The Morgan fingerprint density at radius 3 is 2.57 bits per heavy atom. The van der Waals surface area contributed by atoms with Gasteiger partial charge in [0.2, 0.25) is 0 Å². The second kappa shape index (κ2) is 6.33. The molecule has 0 atom stereocenters. The fourth-order valence-corrected chi connectivity index (χ4v) is 3.92. The molecule has 6 nitrogen and oxygen atoms in total. The molecule has 1 aromatic carbocycles. The van der Waals surface area contributed by atoms with Crippen molar-refractivity contribution in [2.75, 3.05) is 18.9 Å². The van der Waals surface area contributed by atoms with Crippen molar-refractivity contribution in [3.63, 3.8) is 0 Å². The van der Waals surface area contributed by atoms with Gasteiger partial charge in [0.1, 0.15) is 11.5 Å². The molecule has 0 aliphatic carbocycles. The first-order chi connectivity index (χ1) is 10.00. The van der Waals surface area contributed by atoms with Crippen molar-refractivity contribution in [3.05, 3.63) is 34.5 Å². The quantitative estimate of drug-likeness (QED) is 0.846. The first-order valence-electron chi connectivity index (χ1n) is 6.02. The zero-order chi connectivity index (χ0) is 15.5. The van der Waals surface area contributed by atoms with Crippen molar-refractivity contribution in [3.8, 4) is 11.5 Å². The molecular weight excluding hydrogens is 312 g/mol. The van der Waals surface area contributed by atoms with Gasteiger partial charge in [0, 0.05) is 22.9 Å². The first kappa shape index (κ1) is 15.6. The van der Waals surface area contributed by atoms with E-state index in [2.05, 4.69) is 4.72 Å². The van der Waals surface area contributed by atoms with Crippen LogP contribution in [0.3, 0.4) is 0 Å². The van der Waals surface area contributed by atoms with Crippen LogP contribution < -0.4 is 19.9 Å². The second-order valence-electron chi connectivity index (χ2n) is 4.12. The number of methoxy groups -OCH3 is 2. The highest BCUT2D eigenvalue weighted by molar-refractivity contribution is 7.92. The molecule has 1 aromatic heterocycles. The van der Waals surface area contributed by atoms with Gasteiger partial charge in [-0.05, 0) is 18.2 Å². The molecule has 0 amide bonds. The Kier molecular flexibility index (Phi) is 4.71. The molecule has 21 heavy (non-hydrogen) atoms. The standard InChI is InChI=1S/C13H16N2O4S2/c1-18-9-3-4-13(19-2)12(5-9)15-21(16,17)11-6-10(7-14)20-8-11/h3-6,8,15H,7,14H2,1-2H3. The van der Waals surface area contributed by atoms with Crippen LogP contribution in [0, 0.1) is 0 Å². The van der Waals surface area contributed by atoms with E-state index in [1.807, 2.05) is 0 Å². The number of sulfonamides is 1. The van der Waals surface area contributed by atoms with Crippen LogP contribution in [-0.4, -0.2) is 22.6 Å². The summed E-state index contributed by atoms with van der Waals surface area (Å²) in [6.45, 7) is 0.308. The molecule has 3 N–H and O–H groups in total. The maximum absolute atomic E-state index is 12.4. The third-order valence-corrected chi connectivity index (χ3v) is 5.25. The van der Waals surface area contributed by atoms with Gasteiger partial charge in [0.05, 0.1) is 24.8 Å². The molecule has 0 spiro atoms. The van der Waals surface area contributed by atoms with E-state index in [4.69, 9.17) is 15.2 Å².